The number of esters is 1. The van der Waals surface area contributed by atoms with Gasteiger partial charge in [0.15, 0.2) is 0 Å². The molecule has 0 spiro atoms. The molecule has 2 aromatic carbocycles. The van der Waals surface area contributed by atoms with E-state index in [0.29, 0.717) is 0 Å². The third kappa shape index (κ3) is 4.79. The van der Waals surface area contributed by atoms with Crippen molar-refractivity contribution in [2.45, 2.75) is 4.90 Å². The molecule has 7 nitrogen and oxygen atoms in total. The molecule has 2 N–H and O–H groups in total. The number of carbonyl (C=O) groups excluding carboxylic acids is 2. The average Bonchev–Trinajstić information content (AvgIpc) is 2.60. The van der Waals surface area contributed by atoms with Crippen LogP contribution in [0.5, 0.6) is 0 Å². The summed E-state index contributed by atoms with van der Waals surface area (Å²) in [5, 5.41) is 2.51. The summed E-state index contributed by atoms with van der Waals surface area (Å²) in [5.41, 5.74) is 0.378. The highest BCUT2D eigenvalue weighted by Crippen LogP contribution is 2.20. The summed E-state index contributed by atoms with van der Waals surface area (Å²) in [5.74, 6) is -1.26. The minimum atomic E-state index is -3.94. The fourth-order valence-corrected chi connectivity index (χ4v) is 3.47. The molecule has 25 heavy (non-hydrogen) atoms. The monoisotopic (exact) mass is 382 g/mol. The summed E-state index contributed by atoms with van der Waals surface area (Å²) in [4.78, 5) is 23.5. The van der Waals surface area contributed by atoms with Crippen molar-refractivity contribution in [2.24, 2.45) is 0 Å². The molecule has 1 amide bonds. The van der Waals surface area contributed by atoms with Crippen LogP contribution in [0.15, 0.2) is 53.4 Å². The van der Waals surface area contributed by atoms with Gasteiger partial charge in [-0.1, -0.05) is 35.9 Å². The topological polar surface area (TPSA) is 102 Å². The Hall–Kier alpha value is -2.42. The number of anilines is 1. The number of nitrogens with one attached hydrogen (secondary N) is 2. The van der Waals surface area contributed by atoms with Crippen LogP contribution >= 0.6 is 11.6 Å². The third-order valence-electron chi connectivity index (χ3n) is 3.16. The lowest BCUT2D eigenvalue weighted by Gasteiger charge is -2.11. The predicted molar refractivity (Wildman–Crippen MR) is 93.1 cm³/mol. The number of halogens is 1. The van der Waals surface area contributed by atoms with E-state index in [9.17, 15) is 18.0 Å². The van der Waals surface area contributed by atoms with Crippen LogP contribution in [0, 0.1) is 0 Å². The summed E-state index contributed by atoms with van der Waals surface area (Å²) in [6.45, 7) is -0.525. The van der Waals surface area contributed by atoms with Crippen molar-refractivity contribution in [3.8, 4) is 0 Å². The molecule has 0 unspecified atom stereocenters. The minimum absolute atomic E-state index is 0.0476. The normalized spacial score (nSPS) is 11.0. The molecule has 0 saturated carbocycles. The Morgan fingerprint density at radius 1 is 1.08 bits per heavy atom. The first-order valence-corrected chi connectivity index (χ1v) is 8.92. The Bertz CT molecular complexity index is 899. The van der Waals surface area contributed by atoms with E-state index in [-0.39, 0.29) is 21.2 Å². The SMILES string of the molecule is COC(=O)c1ccccc1NC(=O)CNS(=O)(=O)c1ccccc1Cl. The highest BCUT2D eigenvalue weighted by molar-refractivity contribution is 7.89. The van der Waals surface area contributed by atoms with E-state index in [1.807, 2.05) is 0 Å². The van der Waals surface area contributed by atoms with Crippen molar-refractivity contribution >= 4 is 39.2 Å². The molecule has 0 aliphatic heterocycles. The first-order valence-electron chi connectivity index (χ1n) is 7.06. The van der Waals surface area contributed by atoms with Crippen LogP contribution < -0.4 is 10.0 Å². The van der Waals surface area contributed by atoms with E-state index in [0.717, 1.165) is 0 Å². The Morgan fingerprint density at radius 3 is 2.40 bits per heavy atom. The van der Waals surface area contributed by atoms with Gasteiger partial charge in [-0.2, -0.15) is 0 Å². The maximum Gasteiger partial charge on any atom is 0.339 e. The molecular weight excluding hydrogens is 368 g/mol. The van der Waals surface area contributed by atoms with Crippen LogP contribution in [-0.4, -0.2) is 33.9 Å². The number of sulfonamides is 1. The van der Waals surface area contributed by atoms with Gasteiger partial charge < -0.3 is 10.1 Å². The van der Waals surface area contributed by atoms with Gasteiger partial charge in [0.1, 0.15) is 4.90 Å². The molecular formula is C16H15ClN2O5S. The van der Waals surface area contributed by atoms with Crippen LogP contribution in [0.1, 0.15) is 10.4 Å². The summed E-state index contributed by atoms with van der Waals surface area (Å²) in [7, 11) is -2.72. The Balaban J connectivity index is 2.07. The molecule has 9 heteroatoms. The number of para-hydroxylation sites is 1. The average molecular weight is 383 g/mol. The highest BCUT2D eigenvalue weighted by atomic mass is 35.5. The lowest BCUT2D eigenvalue weighted by molar-refractivity contribution is -0.115. The zero-order valence-electron chi connectivity index (χ0n) is 13.2. The zero-order valence-corrected chi connectivity index (χ0v) is 14.7. The number of ether oxygens (including phenoxy) is 1. The van der Waals surface area contributed by atoms with E-state index >= 15 is 0 Å². The second kappa shape index (κ2) is 8.11. The van der Waals surface area contributed by atoms with Crippen molar-refractivity contribution in [1.82, 2.24) is 4.72 Å². The minimum Gasteiger partial charge on any atom is -0.465 e. The standard InChI is InChI=1S/C16H15ClN2O5S/c1-24-16(21)11-6-2-4-8-13(11)19-15(20)10-18-25(22,23)14-9-5-3-7-12(14)17/h2-9,18H,10H2,1H3,(H,19,20). The number of amides is 1. The van der Waals surface area contributed by atoms with Crippen LogP contribution in [0.3, 0.4) is 0 Å². The maximum atomic E-state index is 12.2. The van der Waals surface area contributed by atoms with E-state index in [2.05, 4.69) is 14.8 Å². The van der Waals surface area contributed by atoms with Gasteiger partial charge in [-0.15, -0.1) is 0 Å². The van der Waals surface area contributed by atoms with Crippen molar-refractivity contribution in [3.05, 3.63) is 59.1 Å². The molecule has 2 rings (SSSR count). The van der Waals surface area contributed by atoms with Crippen LogP contribution in [0.25, 0.3) is 0 Å². The number of carbonyl (C=O) groups is 2. The molecule has 0 aliphatic carbocycles. The lowest BCUT2D eigenvalue weighted by atomic mass is 10.2. The molecule has 0 aliphatic rings. The second-order valence-corrected chi connectivity index (χ2v) is 6.98. The van der Waals surface area contributed by atoms with Gasteiger partial charge in [-0.3, -0.25) is 4.79 Å². The van der Waals surface area contributed by atoms with Crippen molar-refractivity contribution in [3.63, 3.8) is 0 Å². The molecule has 0 heterocycles. The molecule has 0 radical (unpaired) electrons. The van der Waals surface area contributed by atoms with E-state index in [1.54, 1.807) is 18.2 Å². The van der Waals surface area contributed by atoms with Gasteiger partial charge >= 0.3 is 5.97 Å². The van der Waals surface area contributed by atoms with Crippen molar-refractivity contribution in [1.29, 1.82) is 0 Å². The lowest BCUT2D eigenvalue weighted by Crippen LogP contribution is -2.33. The van der Waals surface area contributed by atoms with E-state index in [1.165, 1.54) is 37.4 Å². The molecule has 0 fully saturated rings. The summed E-state index contributed by atoms with van der Waals surface area (Å²) >= 11 is 5.85. The Kier molecular flexibility index (Phi) is 6.13. The Labute approximate surface area is 150 Å². The number of hydrogen-bond acceptors (Lipinski definition) is 5. The number of methoxy groups -OCH3 is 1. The van der Waals surface area contributed by atoms with Gasteiger partial charge in [0.05, 0.1) is 29.9 Å². The van der Waals surface area contributed by atoms with Gasteiger partial charge in [-0.05, 0) is 24.3 Å². The number of benzene rings is 2. The number of rotatable bonds is 6. The molecule has 0 saturated heterocycles. The smallest absolute Gasteiger partial charge is 0.339 e. The van der Waals surface area contributed by atoms with Crippen LogP contribution in [-0.2, 0) is 19.6 Å². The first-order chi connectivity index (χ1) is 11.8. The fraction of sp³-hybridized carbons (Fsp3) is 0.125. The van der Waals surface area contributed by atoms with Crippen LogP contribution in [0.4, 0.5) is 5.69 Å². The van der Waals surface area contributed by atoms with E-state index in [4.69, 9.17) is 11.6 Å². The second-order valence-electron chi connectivity index (χ2n) is 4.84. The van der Waals surface area contributed by atoms with E-state index < -0.39 is 28.4 Å². The first kappa shape index (κ1) is 18.9. The summed E-state index contributed by atoms with van der Waals surface area (Å²) in [6.07, 6.45) is 0. The fourth-order valence-electron chi connectivity index (χ4n) is 1.98. The molecule has 0 aromatic heterocycles. The molecule has 0 atom stereocenters. The maximum absolute atomic E-state index is 12.2. The van der Waals surface area contributed by atoms with Crippen molar-refractivity contribution in [2.75, 3.05) is 19.0 Å². The van der Waals surface area contributed by atoms with Crippen LogP contribution in [0.2, 0.25) is 5.02 Å². The quantitative estimate of drug-likeness (QED) is 0.744. The van der Waals surface area contributed by atoms with Gasteiger partial charge in [-0.25, -0.2) is 17.9 Å². The summed E-state index contributed by atoms with van der Waals surface area (Å²) in [6, 6.07) is 12.1. The Morgan fingerprint density at radius 2 is 1.72 bits per heavy atom. The molecule has 2 aromatic rings. The summed E-state index contributed by atoms with van der Waals surface area (Å²) < 4.78 is 31.1. The largest absolute Gasteiger partial charge is 0.465 e. The zero-order chi connectivity index (χ0) is 18.4. The van der Waals surface area contributed by atoms with Gasteiger partial charge in [0.25, 0.3) is 0 Å². The number of hydrogen-bond donors (Lipinski definition) is 2. The third-order valence-corrected chi connectivity index (χ3v) is 5.06. The highest BCUT2D eigenvalue weighted by Gasteiger charge is 2.19. The van der Waals surface area contributed by atoms with Crippen molar-refractivity contribution < 1.29 is 22.7 Å². The van der Waals surface area contributed by atoms with Gasteiger partial charge in [0, 0.05) is 0 Å². The molecule has 132 valence electrons. The molecule has 0 bridgehead atoms. The predicted octanol–water partition coefficient (Wildman–Crippen LogP) is 2.04. The van der Waals surface area contributed by atoms with Gasteiger partial charge in [0.2, 0.25) is 15.9 Å².